The third kappa shape index (κ3) is 5.95. The van der Waals surface area contributed by atoms with Gasteiger partial charge in [0.05, 0.1) is 6.42 Å². The van der Waals surface area contributed by atoms with Gasteiger partial charge in [-0.2, -0.15) is 0 Å². The highest BCUT2D eigenvalue weighted by Gasteiger charge is 2.09. The molecule has 4 nitrogen and oxygen atoms in total. The van der Waals surface area contributed by atoms with Crippen LogP contribution in [0.3, 0.4) is 0 Å². The van der Waals surface area contributed by atoms with Gasteiger partial charge < -0.3 is 15.7 Å². The van der Waals surface area contributed by atoms with Crippen molar-refractivity contribution in [1.29, 1.82) is 0 Å². The molecular weight excluding hydrogens is 153 g/mol. The van der Waals surface area contributed by atoms with Gasteiger partial charge in [0.2, 0.25) is 0 Å². The van der Waals surface area contributed by atoms with Gasteiger partial charge in [0.15, 0.2) is 0 Å². The fourth-order valence-electron chi connectivity index (χ4n) is 0.628. The lowest BCUT2D eigenvalue weighted by atomic mass is 10.2. The second-order valence-corrected chi connectivity index (χ2v) is 3.88. The summed E-state index contributed by atoms with van der Waals surface area (Å²) in [6, 6.07) is -0.404. The molecule has 0 rings (SSSR count). The SMILES string of the molecule is CP(O)C[C@@H](N)CC(=O)O. The standard InChI is InChI=1S/C5H12NO3P/c1-10(9)3-4(6)2-5(7)8/h4,9H,2-3,6H2,1H3,(H,7,8)/t4-,10?/m0/s1. The maximum absolute atomic E-state index is 10.0. The largest absolute Gasteiger partial charge is 0.481 e. The molecule has 1 unspecified atom stereocenters. The van der Waals surface area contributed by atoms with Gasteiger partial charge in [-0.3, -0.25) is 4.79 Å². The predicted octanol–water partition coefficient (Wildman–Crippen LogP) is -0.193. The van der Waals surface area contributed by atoms with E-state index in [-0.39, 0.29) is 6.42 Å². The maximum Gasteiger partial charge on any atom is 0.304 e. The first-order chi connectivity index (χ1) is 4.52. The molecule has 0 bridgehead atoms. The van der Waals surface area contributed by atoms with Crippen LogP contribution in [0.25, 0.3) is 0 Å². The fraction of sp³-hybridized carbons (Fsp3) is 0.800. The summed E-state index contributed by atoms with van der Waals surface area (Å²) in [6.07, 6.45) is 0.342. The van der Waals surface area contributed by atoms with E-state index in [1.165, 1.54) is 0 Å². The van der Waals surface area contributed by atoms with E-state index in [0.717, 1.165) is 0 Å². The summed E-state index contributed by atoms with van der Waals surface area (Å²) in [5, 5.41) is 8.24. The zero-order valence-electron chi connectivity index (χ0n) is 5.82. The Bertz CT molecular complexity index is 117. The van der Waals surface area contributed by atoms with Gasteiger partial charge in [0.1, 0.15) is 0 Å². The number of rotatable bonds is 4. The van der Waals surface area contributed by atoms with E-state index < -0.39 is 20.2 Å². The molecule has 2 atom stereocenters. The highest BCUT2D eigenvalue weighted by molar-refractivity contribution is 7.50. The van der Waals surface area contributed by atoms with Gasteiger partial charge in [0.25, 0.3) is 0 Å². The lowest BCUT2D eigenvalue weighted by Gasteiger charge is -2.09. The van der Waals surface area contributed by atoms with E-state index in [1.807, 2.05) is 0 Å². The van der Waals surface area contributed by atoms with Gasteiger partial charge in [-0.25, -0.2) is 0 Å². The van der Waals surface area contributed by atoms with Crippen molar-refractivity contribution in [2.45, 2.75) is 12.5 Å². The highest BCUT2D eigenvalue weighted by Crippen LogP contribution is 2.24. The molecule has 0 heterocycles. The number of carboxylic acid groups (broad SMARTS) is 1. The van der Waals surface area contributed by atoms with Gasteiger partial charge in [-0.05, 0) is 6.66 Å². The summed E-state index contributed by atoms with van der Waals surface area (Å²) < 4.78 is 0. The average molecular weight is 165 g/mol. The minimum absolute atomic E-state index is 0.0623. The smallest absolute Gasteiger partial charge is 0.304 e. The fourth-order valence-corrected chi connectivity index (χ4v) is 1.44. The molecule has 0 aromatic rings. The molecule has 0 aromatic heterocycles. The normalized spacial score (nSPS) is 16.3. The molecule has 0 saturated carbocycles. The Morgan fingerprint density at radius 1 is 1.80 bits per heavy atom. The van der Waals surface area contributed by atoms with Crippen molar-refractivity contribution in [3.05, 3.63) is 0 Å². The molecule has 0 aliphatic rings. The Kier molecular flexibility index (Phi) is 4.52. The molecule has 5 heteroatoms. The second-order valence-electron chi connectivity index (χ2n) is 2.20. The van der Waals surface area contributed by atoms with Crippen LogP contribution in [0.2, 0.25) is 0 Å². The van der Waals surface area contributed by atoms with Crippen molar-refractivity contribution in [2.24, 2.45) is 5.73 Å². The van der Waals surface area contributed by atoms with E-state index in [4.69, 9.17) is 15.7 Å². The molecule has 0 aromatic carbocycles. The summed E-state index contributed by atoms with van der Waals surface area (Å²) in [5.74, 6) is -0.913. The summed E-state index contributed by atoms with van der Waals surface area (Å²) >= 11 is 0. The van der Waals surface area contributed by atoms with Crippen LogP contribution in [-0.2, 0) is 4.79 Å². The Morgan fingerprint density at radius 3 is 2.60 bits per heavy atom. The minimum Gasteiger partial charge on any atom is -0.481 e. The maximum atomic E-state index is 10.0. The number of nitrogens with two attached hydrogens (primary N) is 1. The molecule has 0 amide bonds. The average Bonchev–Trinajstić information content (AvgIpc) is 1.58. The summed E-state index contributed by atoms with van der Waals surface area (Å²) in [4.78, 5) is 18.9. The lowest BCUT2D eigenvalue weighted by molar-refractivity contribution is -0.137. The summed E-state index contributed by atoms with van der Waals surface area (Å²) in [7, 11) is -1.06. The molecule has 0 aliphatic carbocycles. The molecule has 0 saturated heterocycles. The van der Waals surface area contributed by atoms with Gasteiger partial charge >= 0.3 is 5.97 Å². The first kappa shape index (κ1) is 9.82. The quantitative estimate of drug-likeness (QED) is 0.504. The molecule has 0 fully saturated rings. The van der Waals surface area contributed by atoms with Crippen LogP contribution in [0, 0.1) is 0 Å². The van der Waals surface area contributed by atoms with Crippen LogP contribution in [0.15, 0.2) is 0 Å². The van der Waals surface area contributed by atoms with E-state index in [0.29, 0.717) is 6.16 Å². The number of carbonyl (C=O) groups is 1. The van der Waals surface area contributed by atoms with E-state index in [2.05, 4.69) is 0 Å². The van der Waals surface area contributed by atoms with E-state index in [1.54, 1.807) is 6.66 Å². The topological polar surface area (TPSA) is 83.5 Å². The zero-order valence-corrected chi connectivity index (χ0v) is 6.71. The van der Waals surface area contributed by atoms with Crippen LogP contribution in [0.5, 0.6) is 0 Å². The Morgan fingerprint density at radius 2 is 2.30 bits per heavy atom. The van der Waals surface area contributed by atoms with Crippen molar-refractivity contribution < 1.29 is 14.8 Å². The third-order valence-electron chi connectivity index (χ3n) is 0.936. The summed E-state index contributed by atoms with van der Waals surface area (Å²) in [6.45, 7) is 1.65. The molecule has 10 heavy (non-hydrogen) atoms. The van der Waals surface area contributed by atoms with Gasteiger partial charge in [-0.1, -0.05) is 0 Å². The molecule has 0 radical (unpaired) electrons. The molecular formula is C5H12NO3P. The van der Waals surface area contributed by atoms with Gasteiger partial charge in [0, 0.05) is 20.4 Å². The predicted molar refractivity (Wildman–Crippen MR) is 40.2 cm³/mol. The van der Waals surface area contributed by atoms with E-state index >= 15 is 0 Å². The Hall–Kier alpha value is -0.180. The van der Waals surface area contributed by atoms with Crippen LogP contribution < -0.4 is 5.73 Å². The first-order valence-corrected chi connectivity index (χ1v) is 4.82. The highest BCUT2D eigenvalue weighted by atomic mass is 31.1. The first-order valence-electron chi connectivity index (χ1n) is 2.89. The van der Waals surface area contributed by atoms with Crippen molar-refractivity contribution in [2.75, 3.05) is 12.8 Å². The van der Waals surface area contributed by atoms with E-state index in [9.17, 15) is 4.79 Å². The number of hydrogen-bond acceptors (Lipinski definition) is 3. The molecule has 0 aliphatic heterocycles. The molecule has 4 N–H and O–H groups in total. The summed E-state index contributed by atoms with van der Waals surface area (Å²) in [5.41, 5.74) is 5.35. The van der Waals surface area contributed by atoms with Crippen molar-refractivity contribution >= 4 is 14.1 Å². The van der Waals surface area contributed by atoms with Crippen molar-refractivity contribution in [3.63, 3.8) is 0 Å². The van der Waals surface area contributed by atoms with Crippen LogP contribution in [0.4, 0.5) is 0 Å². The van der Waals surface area contributed by atoms with Crippen LogP contribution in [-0.4, -0.2) is 34.8 Å². The number of aliphatic carboxylic acids is 1. The van der Waals surface area contributed by atoms with Crippen molar-refractivity contribution in [1.82, 2.24) is 0 Å². The van der Waals surface area contributed by atoms with Gasteiger partial charge in [-0.15, -0.1) is 0 Å². The number of hydrogen-bond donors (Lipinski definition) is 3. The third-order valence-corrected chi connectivity index (χ3v) is 1.93. The van der Waals surface area contributed by atoms with Crippen LogP contribution in [0.1, 0.15) is 6.42 Å². The molecule has 0 spiro atoms. The lowest BCUT2D eigenvalue weighted by Crippen LogP contribution is -2.26. The minimum atomic E-state index is -1.06. The van der Waals surface area contributed by atoms with Crippen molar-refractivity contribution in [3.8, 4) is 0 Å². The zero-order chi connectivity index (χ0) is 8.15. The van der Waals surface area contributed by atoms with Crippen LogP contribution >= 0.6 is 8.15 Å². The Balaban J connectivity index is 3.43. The second kappa shape index (κ2) is 4.61. The Labute approximate surface area is 60.9 Å². The monoisotopic (exact) mass is 165 g/mol. The molecule has 60 valence electrons. The number of carboxylic acids is 1.